The quantitative estimate of drug-likeness (QED) is 0.428. The lowest BCUT2D eigenvalue weighted by molar-refractivity contribution is 1.10. The van der Waals surface area contributed by atoms with Crippen LogP contribution in [0.3, 0.4) is 0 Å². The molecule has 1 radical (unpaired) electrons. The average Bonchev–Trinajstić information content (AvgIpc) is 1.90. The highest BCUT2D eigenvalue weighted by Gasteiger charge is 1.81. The lowest BCUT2D eigenvalue weighted by atomic mass is 10.3. The molecule has 0 unspecified atom stereocenters. The summed E-state index contributed by atoms with van der Waals surface area (Å²) in [5.74, 6) is 0. The van der Waals surface area contributed by atoms with E-state index in [9.17, 15) is 0 Å². The Morgan fingerprint density at radius 2 is 2.57 bits per heavy atom. The molecule has 0 aromatic carbocycles. The Labute approximate surface area is 43.8 Å². The maximum Gasteiger partial charge on any atom is 0.0572 e. The summed E-state index contributed by atoms with van der Waals surface area (Å²) in [6.45, 7) is 0.833. The SMILES string of the molecule is [C]1=CCN=CCC1. The van der Waals surface area contributed by atoms with E-state index in [1.165, 1.54) is 0 Å². The molecule has 0 N–H and O–H groups in total. The van der Waals surface area contributed by atoms with Gasteiger partial charge in [-0.3, -0.25) is 4.99 Å². The van der Waals surface area contributed by atoms with Gasteiger partial charge in [0.2, 0.25) is 0 Å². The van der Waals surface area contributed by atoms with Crippen LogP contribution in [0.2, 0.25) is 0 Å². The third-order valence-corrected chi connectivity index (χ3v) is 0.888. The lowest BCUT2D eigenvalue weighted by Gasteiger charge is -1.74. The number of hydrogen-bond donors (Lipinski definition) is 0. The fourth-order valence-corrected chi connectivity index (χ4v) is 0.533. The zero-order chi connectivity index (χ0) is 4.95. The molecule has 37 valence electrons. The molecule has 1 aliphatic heterocycles. The van der Waals surface area contributed by atoms with E-state index in [0.29, 0.717) is 0 Å². The van der Waals surface area contributed by atoms with Crippen LogP contribution in [0.4, 0.5) is 0 Å². The van der Waals surface area contributed by atoms with Crippen molar-refractivity contribution in [1.29, 1.82) is 0 Å². The van der Waals surface area contributed by atoms with Crippen molar-refractivity contribution in [3.63, 3.8) is 0 Å². The summed E-state index contributed by atoms with van der Waals surface area (Å²) >= 11 is 0. The summed E-state index contributed by atoms with van der Waals surface area (Å²) in [6, 6.07) is 0. The predicted molar refractivity (Wildman–Crippen MR) is 30.4 cm³/mol. The van der Waals surface area contributed by atoms with Gasteiger partial charge in [-0.05, 0) is 25.1 Å². The summed E-state index contributed by atoms with van der Waals surface area (Å²) in [5, 5.41) is 0. The zero-order valence-electron chi connectivity index (χ0n) is 4.22. The van der Waals surface area contributed by atoms with Crippen molar-refractivity contribution in [1.82, 2.24) is 0 Å². The lowest BCUT2D eigenvalue weighted by Crippen LogP contribution is -1.69. The number of hydrogen-bond acceptors (Lipinski definition) is 1. The van der Waals surface area contributed by atoms with E-state index in [-0.39, 0.29) is 0 Å². The fraction of sp³-hybridized carbons (Fsp3) is 0.500. The number of allylic oxidation sites excluding steroid dienone is 1. The summed E-state index contributed by atoms with van der Waals surface area (Å²) in [4.78, 5) is 4.03. The van der Waals surface area contributed by atoms with Gasteiger partial charge >= 0.3 is 0 Å². The van der Waals surface area contributed by atoms with Gasteiger partial charge in [-0.2, -0.15) is 0 Å². The maximum absolute atomic E-state index is 4.03. The van der Waals surface area contributed by atoms with Crippen molar-refractivity contribution in [2.45, 2.75) is 12.8 Å². The zero-order valence-corrected chi connectivity index (χ0v) is 4.22. The molecule has 0 amide bonds. The molecule has 0 saturated heterocycles. The predicted octanol–water partition coefficient (Wildman–Crippen LogP) is 1.21. The Morgan fingerprint density at radius 1 is 1.57 bits per heavy atom. The second kappa shape index (κ2) is 2.56. The van der Waals surface area contributed by atoms with Gasteiger partial charge in [-0.1, -0.05) is 6.08 Å². The van der Waals surface area contributed by atoms with E-state index in [1.54, 1.807) is 0 Å². The van der Waals surface area contributed by atoms with Crippen molar-refractivity contribution >= 4 is 6.21 Å². The van der Waals surface area contributed by atoms with Crippen LogP contribution in [0.1, 0.15) is 12.8 Å². The minimum atomic E-state index is 0.833. The first-order valence-corrected chi connectivity index (χ1v) is 2.53. The first-order valence-electron chi connectivity index (χ1n) is 2.53. The van der Waals surface area contributed by atoms with Crippen LogP contribution in [0.5, 0.6) is 0 Å². The van der Waals surface area contributed by atoms with Crippen LogP contribution in [-0.4, -0.2) is 12.8 Å². The maximum atomic E-state index is 4.03. The first kappa shape index (κ1) is 4.57. The van der Waals surface area contributed by atoms with Crippen molar-refractivity contribution < 1.29 is 0 Å². The van der Waals surface area contributed by atoms with Crippen molar-refractivity contribution in [3.8, 4) is 0 Å². The third-order valence-electron chi connectivity index (χ3n) is 0.888. The Hall–Kier alpha value is -0.590. The van der Waals surface area contributed by atoms with Gasteiger partial charge in [0.15, 0.2) is 0 Å². The van der Waals surface area contributed by atoms with Crippen LogP contribution in [0, 0.1) is 6.08 Å². The minimum Gasteiger partial charge on any atom is -0.293 e. The second-order valence-electron chi connectivity index (χ2n) is 1.49. The van der Waals surface area contributed by atoms with Crippen LogP contribution in [-0.2, 0) is 0 Å². The third kappa shape index (κ3) is 1.53. The van der Waals surface area contributed by atoms with Crippen molar-refractivity contribution in [2.75, 3.05) is 6.54 Å². The molecule has 0 spiro atoms. The molecule has 1 rings (SSSR count). The standard InChI is InChI=1S/C6H8N/c1-2-4-6-7-5-3-1/h4-5H,1,3,6H2. The van der Waals surface area contributed by atoms with E-state index >= 15 is 0 Å². The van der Waals surface area contributed by atoms with Gasteiger partial charge in [-0.25, -0.2) is 0 Å². The Morgan fingerprint density at radius 3 is 3.57 bits per heavy atom. The molecule has 1 nitrogen and oxygen atoms in total. The molecule has 0 saturated carbocycles. The fourth-order valence-electron chi connectivity index (χ4n) is 0.533. The van der Waals surface area contributed by atoms with Crippen LogP contribution < -0.4 is 0 Å². The summed E-state index contributed by atoms with van der Waals surface area (Å²) < 4.78 is 0. The van der Waals surface area contributed by atoms with E-state index < -0.39 is 0 Å². The Balaban J connectivity index is 2.38. The molecule has 0 aromatic rings. The highest BCUT2D eigenvalue weighted by molar-refractivity contribution is 5.57. The van der Waals surface area contributed by atoms with Gasteiger partial charge in [0, 0.05) is 0 Å². The van der Waals surface area contributed by atoms with Gasteiger partial charge in [-0.15, -0.1) is 0 Å². The summed E-state index contributed by atoms with van der Waals surface area (Å²) in [5.41, 5.74) is 0. The van der Waals surface area contributed by atoms with Crippen LogP contribution in [0.15, 0.2) is 11.1 Å². The van der Waals surface area contributed by atoms with Gasteiger partial charge in [0.25, 0.3) is 0 Å². The van der Waals surface area contributed by atoms with E-state index in [2.05, 4.69) is 11.1 Å². The molecular formula is C6H8N. The second-order valence-corrected chi connectivity index (χ2v) is 1.49. The molecule has 1 heteroatoms. The first-order chi connectivity index (χ1) is 3.50. The van der Waals surface area contributed by atoms with Crippen LogP contribution in [0.25, 0.3) is 0 Å². The number of nitrogens with zero attached hydrogens (tertiary/aromatic N) is 1. The molecule has 0 aromatic heterocycles. The molecule has 1 heterocycles. The normalized spacial score (nSPS) is 19.4. The average molecular weight is 94.1 g/mol. The molecule has 1 aliphatic rings. The molecule has 7 heavy (non-hydrogen) atoms. The smallest absolute Gasteiger partial charge is 0.0572 e. The highest BCUT2D eigenvalue weighted by Crippen LogP contribution is 1.90. The molecule has 0 aliphatic carbocycles. The largest absolute Gasteiger partial charge is 0.293 e. The molecular weight excluding hydrogens is 86.1 g/mol. The molecule has 0 fully saturated rings. The molecule has 0 bridgehead atoms. The highest BCUT2D eigenvalue weighted by atomic mass is 14.7. The topological polar surface area (TPSA) is 12.4 Å². The van der Waals surface area contributed by atoms with Gasteiger partial charge in [0.05, 0.1) is 6.54 Å². The van der Waals surface area contributed by atoms with E-state index in [4.69, 9.17) is 0 Å². The number of rotatable bonds is 0. The summed E-state index contributed by atoms with van der Waals surface area (Å²) in [6.07, 6.45) is 9.14. The van der Waals surface area contributed by atoms with Crippen molar-refractivity contribution in [3.05, 3.63) is 12.2 Å². The van der Waals surface area contributed by atoms with Gasteiger partial charge in [0.1, 0.15) is 0 Å². The Kier molecular flexibility index (Phi) is 1.67. The van der Waals surface area contributed by atoms with E-state index in [1.807, 2.05) is 12.3 Å². The minimum absolute atomic E-state index is 0.833. The Bertz CT molecular complexity index is 80.4. The van der Waals surface area contributed by atoms with Crippen molar-refractivity contribution in [2.24, 2.45) is 4.99 Å². The number of aliphatic imine (C=N–C) groups is 1. The monoisotopic (exact) mass is 94.1 g/mol. The summed E-state index contributed by atoms with van der Waals surface area (Å²) in [7, 11) is 0. The van der Waals surface area contributed by atoms with Crippen LogP contribution >= 0.6 is 0 Å². The van der Waals surface area contributed by atoms with Gasteiger partial charge < -0.3 is 0 Å². The van der Waals surface area contributed by atoms with E-state index in [0.717, 1.165) is 19.4 Å². The molecule has 0 atom stereocenters.